The third kappa shape index (κ3) is 3.79. The standard InChI is InChI=1S/C17H22N2O5/c1-4-5-8-24-16(21)14-10(2)18-17(22)19-15(14)11-6-7-12(20)13(9-11)23-3/h6-7,9,15,20H,4-5,8H2,1-3H3,(H2,18,19,22). The summed E-state index contributed by atoms with van der Waals surface area (Å²) in [6, 6.07) is 3.58. The SMILES string of the molecule is CCCCOC(=O)C1=C(C)NC(=O)NC1c1ccc(O)c(OC)c1. The molecule has 0 spiro atoms. The van der Waals surface area contributed by atoms with Crippen molar-refractivity contribution in [2.45, 2.75) is 32.7 Å². The van der Waals surface area contributed by atoms with E-state index in [1.165, 1.54) is 13.2 Å². The Morgan fingerprint density at radius 1 is 1.38 bits per heavy atom. The highest BCUT2D eigenvalue weighted by Crippen LogP contribution is 2.33. The highest BCUT2D eigenvalue weighted by Gasteiger charge is 2.32. The minimum atomic E-state index is -0.678. The summed E-state index contributed by atoms with van der Waals surface area (Å²) in [5.74, 6) is -0.239. The Morgan fingerprint density at radius 3 is 2.79 bits per heavy atom. The number of hydrogen-bond acceptors (Lipinski definition) is 5. The van der Waals surface area contributed by atoms with E-state index in [1.54, 1.807) is 19.1 Å². The molecule has 1 atom stereocenters. The smallest absolute Gasteiger partial charge is 0.338 e. The molecule has 0 aromatic heterocycles. The van der Waals surface area contributed by atoms with Gasteiger partial charge in [0.15, 0.2) is 11.5 Å². The van der Waals surface area contributed by atoms with Gasteiger partial charge in [-0.3, -0.25) is 0 Å². The average Bonchev–Trinajstić information content (AvgIpc) is 2.54. The number of ether oxygens (including phenoxy) is 2. The summed E-state index contributed by atoms with van der Waals surface area (Å²) in [6.45, 7) is 3.98. The van der Waals surface area contributed by atoms with E-state index in [1.807, 2.05) is 6.92 Å². The molecule has 0 aliphatic carbocycles. The quantitative estimate of drug-likeness (QED) is 0.548. The van der Waals surface area contributed by atoms with Crippen molar-refractivity contribution in [3.05, 3.63) is 35.0 Å². The molecular formula is C17H22N2O5. The first-order valence-corrected chi connectivity index (χ1v) is 7.80. The van der Waals surface area contributed by atoms with Crippen LogP contribution >= 0.6 is 0 Å². The van der Waals surface area contributed by atoms with E-state index in [-0.39, 0.29) is 11.5 Å². The number of methoxy groups -OCH3 is 1. The van der Waals surface area contributed by atoms with Gasteiger partial charge < -0.3 is 25.2 Å². The lowest BCUT2D eigenvalue weighted by Gasteiger charge is -2.28. The van der Waals surface area contributed by atoms with Crippen LogP contribution in [0.25, 0.3) is 0 Å². The second-order valence-corrected chi connectivity index (χ2v) is 5.49. The Bertz CT molecular complexity index is 669. The third-order valence-electron chi connectivity index (χ3n) is 3.76. The van der Waals surface area contributed by atoms with Gasteiger partial charge in [-0.05, 0) is 31.0 Å². The van der Waals surface area contributed by atoms with Crippen LogP contribution in [0, 0.1) is 0 Å². The fraction of sp³-hybridized carbons (Fsp3) is 0.412. The normalized spacial score (nSPS) is 17.1. The minimum Gasteiger partial charge on any atom is -0.504 e. The molecule has 1 unspecified atom stereocenters. The van der Waals surface area contributed by atoms with Crippen molar-refractivity contribution in [1.82, 2.24) is 10.6 Å². The van der Waals surface area contributed by atoms with Gasteiger partial charge in [-0.2, -0.15) is 0 Å². The first-order chi connectivity index (χ1) is 11.5. The number of phenolic OH excluding ortho intramolecular Hbond substituents is 1. The summed E-state index contributed by atoms with van der Waals surface area (Å²) >= 11 is 0. The molecule has 1 aliphatic heterocycles. The molecule has 1 aromatic carbocycles. The molecule has 24 heavy (non-hydrogen) atoms. The average molecular weight is 334 g/mol. The number of phenols is 1. The van der Waals surface area contributed by atoms with Crippen LogP contribution in [0.1, 0.15) is 38.3 Å². The van der Waals surface area contributed by atoms with Gasteiger partial charge in [0.2, 0.25) is 0 Å². The van der Waals surface area contributed by atoms with Crippen LogP contribution in [0.2, 0.25) is 0 Å². The number of urea groups is 1. The monoisotopic (exact) mass is 334 g/mol. The van der Waals surface area contributed by atoms with Gasteiger partial charge in [-0.15, -0.1) is 0 Å². The van der Waals surface area contributed by atoms with E-state index < -0.39 is 18.0 Å². The zero-order valence-electron chi connectivity index (χ0n) is 14.0. The lowest BCUT2D eigenvalue weighted by Crippen LogP contribution is -2.45. The van der Waals surface area contributed by atoms with Crippen molar-refractivity contribution in [2.24, 2.45) is 0 Å². The van der Waals surface area contributed by atoms with E-state index >= 15 is 0 Å². The van der Waals surface area contributed by atoms with Crippen molar-refractivity contribution < 1.29 is 24.2 Å². The van der Waals surface area contributed by atoms with E-state index in [4.69, 9.17) is 9.47 Å². The van der Waals surface area contributed by atoms with Gasteiger partial charge in [0.1, 0.15) is 0 Å². The summed E-state index contributed by atoms with van der Waals surface area (Å²) < 4.78 is 10.4. The van der Waals surface area contributed by atoms with Crippen molar-refractivity contribution in [2.75, 3.05) is 13.7 Å². The van der Waals surface area contributed by atoms with Gasteiger partial charge in [0.25, 0.3) is 0 Å². The van der Waals surface area contributed by atoms with Crippen molar-refractivity contribution in [3.63, 3.8) is 0 Å². The van der Waals surface area contributed by atoms with Crippen LogP contribution in [0.4, 0.5) is 4.79 Å². The Hall–Kier alpha value is -2.70. The number of benzene rings is 1. The van der Waals surface area contributed by atoms with Crippen molar-refractivity contribution >= 4 is 12.0 Å². The number of carbonyl (C=O) groups excluding carboxylic acids is 2. The molecule has 1 heterocycles. The maximum Gasteiger partial charge on any atom is 0.338 e. The third-order valence-corrected chi connectivity index (χ3v) is 3.76. The van der Waals surface area contributed by atoms with Crippen LogP contribution < -0.4 is 15.4 Å². The highest BCUT2D eigenvalue weighted by atomic mass is 16.5. The van der Waals surface area contributed by atoms with E-state index in [9.17, 15) is 14.7 Å². The molecule has 2 rings (SSSR count). The molecule has 0 saturated carbocycles. The lowest BCUT2D eigenvalue weighted by molar-refractivity contribution is -0.139. The van der Waals surface area contributed by atoms with Gasteiger partial charge >= 0.3 is 12.0 Å². The Balaban J connectivity index is 2.36. The number of hydrogen-bond donors (Lipinski definition) is 3. The summed E-state index contributed by atoms with van der Waals surface area (Å²) in [7, 11) is 1.43. The van der Waals surface area contributed by atoms with Crippen LogP contribution in [-0.2, 0) is 9.53 Å². The largest absolute Gasteiger partial charge is 0.504 e. The van der Waals surface area contributed by atoms with Gasteiger partial charge in [-0.1, -0.05) is 19.4 Å². The Labute approximate surface area is 140 Å². The van der Waals surface area contributed by atoms with Crippen LogP contribution in [-0.4, -0.2) is 30.8 Å². The van der Waals surface area contributed by atoms with Crippen LogP contribution in [0.5, 0.6) is 11.5 Å². The first kappa shape index (κ1) is 17.7. The fourth-order valence-corrected chi connectivity index (χ4v) is 2.48. The summed E-state index contributed by atoms with van der Waals surface area (Å²) in [5.41, 5.74) is 1.39. The number of allylic oxidation sites excluding steroid dienone is 1. The summed E-state index contributed by atoms with van der Waals surface area (Å²) in [6.07, 6.45) is 1.69. The molecular weight excluding hydrogens is 312 g/mol. The molecule has 130 valence electrons. The predicted molar refractivity (Wildman–Crippen MR) is 87.6 cm³/mol. The zero-order valence-corrected chi connectivity index (χ0v) is 14.0. The Kier molecular flexibility index (Phi) is 5.68. The maximum absolute atomic E-state index is 12.4. The molecule has 0 fully saturated rings. The molecule has 0 bridgehead atoms. The van der Waals surface area contributed by atoms with Gasteiger partial charge in [-0.25, -0.2) is 9.59 Å². The predicted octanol–water partition coefficient (Wildman–Crippen LogP) is 2.37. The second kappa shape index (κ2) is 7.72. The van der Waals surface area contributed by atoms with E-state index in [0.29, 0.717) is 23.4 Å². The number of esters is 1. The molecule has 2 amide bonds. The van der Waals surface area contributed by atoms with E-state index in [2.05, 4.69) is 10.6 Å². The maximum atomic E-state index is 12.4. The zero-order chi connectivity index (χ0) is 17.7. The number of nitrogens with one attached hydrogen (secondary N) is 2. The molecule has 7 heteroatoms. The molecule has 1 aliphatic rings. The molecule has 0 saturated heterocycles. The molecule has 0 radical (unpaired) electrons. The topological polar surface area (TPSA) is 96.9 Å². The number of carbonyl (C=O) groups is 2. The number of amides is 2. The summed E-state index contributed by atoms with van der Waals surface area (Å²) in [5, 5.41) is 15.0. The minimum absolute atomic E-state index is 0.0192. The number of unbranched alkanes of at least 4 members (excludes halogenated alkanes) is 1. The number of aromatic hydroxyl groups is 1. The van der Waals surface area contributed by atoms with Crippen LogP contribution in [0.3, 0.4) is 0 Å². The molecule has 3 N–H and O–H groups in total. The van der Waals surface area contributed by atoms with Crippen LogP contribution in [0.15, 0.2) is 29.5 Å². The second-order valence-electron chi connectivity index (χ2n) is 5.49. The fourth-order valence-electron chi connectivity index (χ4n) is 2.48. The Morgan fingerprint density at radius 2 is 2.12 bits per heavy atom. The van der Waals surface area contributed by atoms with E-state index in [0.717, 1.165) is 12.8 Å². The van der Waals surface area contributed by atoms with Gasteiger partial charge in [0, 0.05) is 5.70 Å². The van der Waals surface area contributed by atoms with Crippen molar-refractivity contribution in [3.8, 4) is 11.5 Å². The highest BCUT2D eigenvalue weighted by molar-refractivity contribution is 5.95. The molecule has 7 nitrogen and oxygen atoms in total. The summed E-state index contributed by atoms with van der Waals surface area (Å²) in [4.78, 5) is 24.3. The number of rotatable bonds is 6. The lowest BCUT2D eigenvalue weighted by atomic mass is 9.95. The van der Waals surface area contributed by atoms with Gasteiger partial charge in [0.05, 0.1) is 25.3 Å². The molecule has 1 aromatic rings. The first-order valence-electron chi connectivity index (χ1n) is 7.80. The van der Waals surface area contributed by atoms with Crippen molar-refractivity contribution in [1.29, 1.82) is 0 Å².